The summed E-state index contributed by atoms with van der Waals surface area (Å²) < 4.78 is 0. The van der Waals surface area contributed by atoms with Crippen LogP contribution in [-0.2, 0) is 38.4 Å². The number of carboxylic acids is 1. The third-order valence-electron chi connectivity index (χ3n) is 3.73. The van der Waals surface area contributed by atoms with Crippen LogP contribution in [0.15, 0.2) is 0 Å². The zero-order valence-electron chi connectivity index (χ0n) is 17.3. The topological polar surface area (TPSA) is 309 Å². The Morgan fingerprint density at radius 3 is 1.33 bits per heavy atom. The van der Waals surface area contributed by atoms with E-state index in [0.717, 1.165) is 0 Å². The summed E-state index contributed by atoms with van der Waals surface area (Å²) in [5, 5.41) is 16.8. The molecule has 0 bridgehead atoms. The monoisotopic (exact) mass is 474 g/mol. The van der Waals surface area contributed by atoms with E-state index in [1.54, 1.807) is 0 Å². The van der Waals surface area contributed by atoms with Gasteiger partial charge in [0, 0.05) is 0 Å². The van der Waals surface area contributed by atoms with Crippen LogP contribution < -0.4 is 44.2 Å². The van der Waals surface area contributed by atoms with Gasteiger partial charge in [-0.15, -0.1) is 0 Å². The quantitative estimate of drug-likeness (QED) is 0.108. The molecule has 184 valence electrons. The lowest BCUT2D eigenvalue weighted by Gasteiger charge is -2.24. The van der Waals surface area contributed by atoms with Crippen molar-refractivity contribution in [2.24, 2.45) is 22.9 Å². The van der Waals surface area contributed by atoms with Gasteiger partial charge in [0.1, 0.15) is 24.7 Å². The molecule has 0 unspecified atom stereocenters. The number of amides is 7. The summed E-state index contributed by atoms with van der Waals surface area (Å²) in [6.45, 7) is -1.37. The van der Waals surface area contributed by atoms with E-state index in [0.29, 0.717) is 0 Å². The molecule has 0 aliphatic heterocycles. The van der Waals surface area contributed by atoms with E-state index < -0.39 is 97.8 Å². The Morgan fingerprint density at radius 1 is 0.636 bits per heavy atom. The van der Waals surface area contributed by atoms with Crippen molar-refractivity contribution in [2.45, 2.75) is 37.4 Å². The molecule has 0 aromatic rings. The highest BCUT2D eigenvalue weighted by atomic mass is 16.4. The summed E-state index contributed by atoms with van der Waals surface area (Å²) in [5.41, 5.74) is 20.3. The van der Waals surface area contributed by atoms with Crippen molar-refractivity contribution in [2.75, 3.05) is 13.1 Å². The Kier molecular flexibility index (Phi) is 12.1. The fourth-order valence-corrected chi connectivity index (χ4v) is 2.32. The van der Waals surface area contributed by atoms with Crippen molar-refractivity contribution in [1.29, 1.82) is 0 Å². The Morgan fingerprint density at radius 2 is 1.00 bits per heavy atom. The molecule has 0 aliphatic rings. The first-order chi connectivity index (χ1) is 15.3. The minimum Gasteiger partial charge on any atom is -0.480 e. The van der Waals surface area contributed by atoms with Crippen molar-refractivity contribution in [3.63, 3.8) is 0 Å². The predicted octanol–water partition coefficient (Wildman–Crippen LogP) is -6.77. The minimum absolute atomic E-state index is 0.534. The van der Waals surface area contributed by atoms with Crippen molar-refractivity contribution in [3.05, 3.63) is 0 Å². The number of carboxylic acid groups (broad SMARTS) is 1. The molecule has 0 radical (unpaired) electrons. The minimum atomic E-state index is -1.72. The van der Waals surface area contributed by atoms with Crippen LogP contribution in [0.2, 0.25) is 0 Å². The third-order valence-corrected chi connectivity index (χ3v) is 3.73. The lowest BCUT2D eigenvalue weighted by atomic mass is 10.1. The molecule has 0 fully saturated rings. The normalized spacial score (nSPS) is 12.9. The molecule has 3 atom stereocenters. The van der Waals surface area contributed by atoms with Gasteiger partial charge >= 0.3 is 5.97 Å². The number of aliphatic carboxylic acids is 1. The maximum Gasteiger partial charge on any atom is 0.322 e. The standard InChI is InChI=1S/C16H26N8O9/c17-4-12(28)22-7(2-10(19)26)15(32)24-8(3-11(20)27)16(33)23-6(1-9(18)25)14(31)21-5-13(29)30/h6-8H,1-5,17H2,(H2,18,25)(H2,19,26)(H2,20,27)(H,21,31)(H,22,28)(H,23,33)(H,24,32)(H,29,30)/t6-,7-,8-/m0/s1. The first-order valence-corrected chi connectivity index (χ1v) is 9.21. The van der Waals surface area contributed by atoms with E-state index in [-0.39, 0.29) is 0 Å². The molecule has 0 spiro atoms. The molecular formula is C16H26N8O9. The molecule has 17 heteroatoms. The SMILES string of the molecule is NCC(=O)N[C@@H](CC(N)=O)C(=O)N[C@@H](CC(N)=O)C(=O)N[C@@H](CC(N)=O)C(=O)NCC(=O)O. The van der Waals surface area contributed by atoms with Gasteiger partial charge in [-0.05, 0) is 0 Å². The first-order valence-electron chi connectivity index (χ1n) is 9.21. The van der Waals surface area contributed by atoms with Crippen LogP contribution in [-0.4, -0.2) is 83.6 Å². The van der Waals surface area contributed by atoms with Crippen LogP contribution in [0.3, 0.4) is 0 Å². The highest BCUT2D eigenvalue weighted by Gasteiger charge is 2.31. The van der Waals surface area contributed by atoms with Gasteiger partial charge in [-0.3, -0.25) is 38.4 Å². The van der Waals surface area contributed by atoms with Crippen LogP contribution in [0.25, 0.3) is 0 Å². The van der Waals surface area contributed by atoms with E-state index in [2.05, 4.69) is 10.6 Å². The van der Waals surface area contributed by atoms with Crippen molar-refractivity contribution in [3.8, 4) is 0 Å². The average molecular weight is 474 g/mol. The Bertz CT molecular complexity index is 816. The first kappa shape index (κ1) is 28.7. The number of nitrogens with one attached hydrogen (secondary N) is 4. The largest absolute Gasteiger partial charge is 0.480 e. The molecule has 33 heavy (non-hydrogen) atoms. The third kappa shape index (κ3) is 12.2. The van der Waals surface area contributed by atoms with E-state index in [4.69, 9.17) is 28.0 Å². The highest BCUT2D eigenvalue weighted by Crippen LogP contribution is 2.00. The smallest absolute Gasteiger partial charge is 0.322 e. The Labute approximate surface area is 186 Å². The average Bonchev–Trinajstić information content (AvgIpc) is 2.69. The highest BCUT2D eigenvalue weighted by molar-refractivity contribution is 5.98. The summed E-state index contributed by atoms with van der Waals surface area (Å²) >= 11 is 0. The maximum absolute atomic E-state index is 12.6. The van der Waals surface area contributed by atoms with Gasteiger partial charge in [0.05, 0.1) is 25.8 Å². The molecule has 0 heterocycles. The summed E-state index contributed by atoms with van der Waals surface area (Å²) in [5.74, 6) is -8.70. The van der Waals surface area contributed by atoms with Crippen LogP contribution in [0, 0.1) is 0 Å². The van der Waals surface area contributed by atoms with Crippen LogP contribution in [0.5, 0.6) is 0 Å². The molecular weight excluding hydrogens is 448 g/mol. The summed E-state index contributed by atoms with van der Waals surface area (Å²) in [7, 11) is 0. The zero-order chi connectivity index (χ0) is 25.7. The molecule has 17 nitrogen and oxygen atoms in total. The van der Waals surface area contributed by atoms with Gasteiger partial charge < -0.3 is 49.3 Å². The fraction of sp³-hybridized carbons (Fsp3) is 0.500. The van der Waals surface area contributed by atoms with Gasteiger partial charge in [0.15, 0.2) is 0 Å². The molecule has 0 saturated carbocycles. The Hall–Kier alpha value is -4.28. The summed E-state index contributed by atoms with van der Waals surface area (Å²) in [4.78, 5) is 93.0. The number of rotatable bonds is 15. The molecule has 0 rings (SSSR count). The van der Waals surface area contributed by atoms with Crippen molar-refractivity contribution >= 4 is 47.3 Å². The second-order valence-electron chi connectivity index (χ2n) is 6.57. The lowest BCUT2D eigenvalue weighted by molar-refractivity contribution is -0.139. The molecule has 0 saturated heterocycles. The lowest BCUT2D eigenvalue weighted by Crippen LogP contribution is -2.58. The number of primary amides is 3. The van der Waals surface area contributed by atoms with Gasteiger partial charge in [-0.1, -0.05) is 0 Å². The van der Waals surface area contributed by atoms with Gasteiger partial charge in [-0.2, -0.15) is 0 Å². The fourth-order valence-electron chi connectivity index (χ4n) is 2.32. The number of carbonyl (C=O) groups excluding carboxylic acids is 7. The van der Waals surface area contributed by atoms with Crippen LogP contribution >= 0.6 is 0 Å². The van der Waals surface area contributed by atoms with Gasteiger partial charge in [0.2, 0.25) is 41.4 Å². The van der Waals surface area contributed by atoms with Crippen molar-refractivity contribution in [1.82, 2.24) is 21.3 Å². The summed E-state index contributed by atoms with van der Waals surface area (Å²) in [6, 6.07) is -4.93. The van der Waals surface area contributed by atoms with Crippen molar-refractivity contribution < 1.29 is 43.5 Å². The molecule has 13 N–H and O–H groups in total. The molecule has 0 aliphatic carbocycles. The van der Waals surface area contributed by atoms with Gasteiger partial charge in [0.25, 0.3) is 0 Å². The van der Waals surface area contributed by atoms with Gasteiger partial charge in [-0.25, -0.2) is 0 Å². The second kappa shape index (κ2) is 13.9. The van der Waals surface area contributed by atoms with E-state index in [1.807, 2.05) is 10.6 Å². The van der Waals surface area contributed by atoms with Crippen LogP contribution in [0.4, 0.5) is 0 Å². The predicted molar refractivity (Wildman–Crippen MR) is 107 cm³/mol. The molecule has 0 aromatic carbocycles. The zero-order valence-corrected chi connectivity index (χ0v) is 17.3. The number of carbonyl (C=O) groups is 8. The van der Waals surface area contributed by atoms with E-state index >= 15 is 0 Å². The number of hydrogen-bond acceptors (Lipinski definition) is 9. The molecule has 7 amide bonds. The summed E-state index contributed by atoms with van der Waals surface area (Å²) in [6.07, 6.45) is -2.21. The molecule has 0 aromatic heterocycles. The number of nitrogens with two attached hydrogens (primary N) is 4. The van der Waals surface area contributed by atoms with E-state index in [9.17, 15) is 38.4 Å². The second-order valence-corrected chi connectivity index (χ2v) is 6.57. The number of hydrogen-bond donors (Lipinski definition) is 9. The maximum atomic E-state index is 12.6. The Balaban J connectivity index is 5.59. The van der Waals surface area contributed by atoms with E-state index in [1.165, 1.54) is 0 Å². The van der Waals surface area contributed by atoms with Crippen LogP contribution in [0.1, 0.15) is 19.3 Å².